The van der Waals surface area contributed by atoms with Gasteiger partial charge in [0.15, 0.2) is 0 Å². The van der Waals surface area contributed by atoms with Gasteiger partial charge in [0.2, 0.25) is 0 Å². The summed E-state index contributed by atoms with van der Waals surface area (Å²) in [4.78, 5) is 63.8. The first kappa shape index (κ1) is 41.1. The lowest BCUT2D eigenvalue weighted by atomic mass is 9.70. The van der Waals surface area contributed by atoms with Crippen LogP contribution in [-0.2, 0) is 47.7 Å². The maximum Gasteiger partial charge on any atom is 0.309 e. The molecular weight excluding hydrogens is 725 g/mol. The van der Waals surface area contributed by atoms with Crippen molar-refractivity contribution < 1.29 is 47.7 Å². The second-order valence-corrected chi connectivity index (χ2v) is 19.9. The normalized spacial score (nSPS) is 44.2. The van der Waals surface area contributed by atoms with E-state index < -0.39 is 23.9 Å². The first-order valence-electron chi connectivity index (χ1n) is 23.5. The van der Waals surface area contributed by atoms with Gasteiger partial charge in [-0.15, -0.1) is 0 Å². The summed E-state index contributed by atoms with van der Waals surface area (Å²) in [6.07, 6.45) is 14.4. The molecule has 20 atom stereocenters. The minimum atomic E-state index is -0.581. The highest BCUT2D eigenvalue weighted by Crippen LogP contribution is 2.68. The predicted octanol–water partition coefficient (Wildman–Crippen LogP) is 8.12. The van der Waals surface area contributed by atoms with Crippen molar-refractivity contribution in [2.45, 2.75) is 162 Å². The molecule has 1 saturated heterocycles. The van der Waals surface area contributed by atoms with Crippen LogP contribution in [0.4, 0.5) is 0 Å². The van der Waals surface area contributed by atoms with Gasteiger partial charge in [0.1, 0.15) is 24.4 Å². The molecule has 0 N–H and O–H groups in total. The summed E-state index contributed by atoms with van der Waals surface area (Å²) in [6.45, 7) is 11.5. The molecular formula is C47H70O10. The lowest BCUT2D eigenvalue weighted by Gasteiger charge is -2.38. The molecule has 0 radical (unpaired) electrons. The summed E-state index contributed by atoms with van der Waals surface area (Å²) < 4.78 is 28.9. The molecule has 10 nitrogen and oxygen atoms in total. The maximum absolute atomic E-state index is 14.2. The first-order valence-corrected chi connectivity index (χ1v) is 23.5. The average molecular weight is 795 g/mol. The maximum atomic E-state index is 14.2. The van der Waals surface area contributed by atoms with Crippen LogP contribution in [0.2, 0.25) is 0 Å². The van der Waals surface area contributed by atoms with Crippen LogP contribution in [-0.4, -0.2) is 60.9 Å². The Morgan fingerprint density at radius 2 is 1.30 bits per heavy atom. The van der Waals surface area contributed by atoms with Crippen LogP contribution in [0.25, 0.3) is 0 Å². The minimum Gasteiger partial charge on any atom is -0.466 e. The fraction of sp³-hybridized carbons (Fsp3) is 0.894. The summed E-state index contributed by atoms with van der Waals surface area (Å²) in [7, 11) is 0. The largest absolute Gasteiger partial charge is 0.466 e. The van der Waals surface area contributed by atoms with Crippen molar-refractivity contribution in [3.05, 3.63) is 0 Å². The van der Waals surface area contributed by atoms with Crippen molar-refractivity contribution in [3.63, 3.8) is 0 Å². The molecule has 1 heterocycles. The van der Waals surface area contributed by atoms with Crippen molar-refractivity contribution in [3.8, 4) is 0 Å². The Bertz CT molecular complexity index is 1530. The van der Waals surface area contributed by atoms with Crippen molar-refractivity contribution in [1.29, 1.82) is 0 Å². The molecule has 1 aliphatic heterocycles. The molecule has 10 fully saturated rings. The summed E-state index contributed by atoms with van der Waals surface area (Å²) in [5.74, 6) is 4.81. The van der Waals surface area contributed by atoms with E-state index in [1.54, 1.807) is 6.92 Å². The van der Waals surface area contributed by atoms with E-state index in [1.165, 1.54) is 58.3 Å². The summed E-state index contributed by atoms with van der Waals surface area (Å²) >= 11 is 0. The number of rotatable bonds is 12. The molecule has 0 aromatic carbocycles. The topological polar surface area (TPSA) is 132 Å². The Morgan fingerprint density at radius 3 is 2.02 bits per heavy atom. The first-order chi connectivity index (χ1) is 27.5. The van der Waals surface area contributed by atoms with Gasteiger partial charge in [-0.1, -0.05) is 34.1 Å². The Morgan fingerprint density at radius 1 is 0.649 bits per heavy atom. The zero-order valence-corrected chi connectivity index (χ0v) is 35.4. The van der Waals surface area contributed by atoms with Crippen molar-refractivity contribution >= 4 is 29.8 Å². The SMILES string of the molecule is CC.CCC(CC(CC(C)C(=O)OC1CC2CC1C1CCCC21)C(=O)OC1CC2CC1C1C3CCC(C3)C21)C(=O)OC1C2CC3C(=O)OC1C3C2.CCOC(C)=O. The van der Waals surface area contributed by atoms with Gasteiger partial charge in [-0.25, -0.2) is 0 Å². The van der Waals surface area contributed by atoms with Crippen LogP contribution in [0.1, 0.15) is 138 Å². The third-order valence-corrected chi connectivity index (χ3v) is 17.4. The van der Waals surface area contributed by atoms with Crippen LogP contribution in [0.15, 0.2) is 0 Å². The number of ether oxygens (including phenoxy) is 5. The van der Waals surface area contributed by atoms with E-state index in [2.05, 4.69) is 4.74 Å². The fourth-order valence-corrected chi connectivity index (χ4v) is 15.4. The van der Waals surface area contributed by atoms with Gasteiger partial charge in [-0.05, 0) is 156 Å². The van der Waals surface area contributed by atoms with E-state index in [1.807, 2.05) is 27.7 Å². The van der Waals surface area contributed by atoms with E-state index in [0.717, 1.165) is 55.3 Å². The van der Waals surface area contributed by atoms with Gasteiger partial charge in [0.25, 0.3) is 0 Å². The molecule has 9 aliphatic carbocycles. The second-order valence-electron chi connectivity index (χ2n) is 19.9. The van der Waals surface area contributed by atoms with Crippen LogP contribution in [0.5, 0.6) is 0 Å². The van der Waals surface area contributed by atoms with Gasteiger partial charge >= 0.3 is 29.8 Å². The average Bonchev–Trinajstić information content (AvgIpc) is 4.03. The highest BCUT2D eigenvalue weighted by Gasteiger charge is 2.65. The van der Waals surface area contributed by atoms with Crippen molar-refractivity contribution in [2.75, 3.05) is 6.61 Å². The molecule has 0 spiro atoms. The molecule has 10 heteroatoms. The van der Waals surface area contributed by atoms with Gasteiger partial charge in [-0.2, -0.15) is 0 Å². The van der Waals surface area contributed by atoms with Gasteiger partial charge in [0, 0.05) is 18.8 Å². The van der Waals surface area contributed by atoms with Crippen LogP contribution >= 0.6 is 0 Å². The lowest BCUT2D eigenvalue weighted by Crippen LogP contribution is -2.40. The van der Waals surface area contributed by atoms with Crippen LogP contribution in [0.3, 0.4) is 0 Å². The summed E-state index contributed by atoms with van der Waals surface area (Å²) in [5, 5.41) is 0. The number of esters is 5. The van der Waals surface area contributed by atoms with E-state index >= 15 is 0 Å². The molecule has 0 aromatic heterocycles. The van der Waals surface area contributed by atoms with Gasteiger partial charge in [-0.3, -0.25) is 24.0 Å². The lowest BCUT2D eigenvalue weighted by molar-refractivity contribution is -0.169. The molecule has 318 valence electrons. The Balaban J connectivity index is 0.000000524. The highest BCUT2D eigenvalue weighted by atomic mass is 16.6. The van der Waals surface area contributed by atoms with Crippen LogP contribution in [0, 0.1) is 94.7 Å². The Labute approximate surface area is 340 Å². The third kappa shape index (κ3) is 7.46. The molecule has 10 rings (SSSR count). The number of hydrogen-bond acceptors (Lipinski definition) is 10. The van der Waals surface area contributed by atoms with E-state index in [9.17, 15) is 24.0 Å². The quantitative estimate of drug-likeness (QED) is 0.108. The second kappa shape index (κ2) is 16.8. The smallest absolute Gasteiger partial charge is 0.309 e. The number of carbonyl (C=O) groups is 5. The van der Waals surface area contributed by atoms with E-state index in [-0.39, 0.29) is 65.9 Å². The number of fused-ring (bicyclic) bond motifs is 15. The number of hydrogen-bond donors (Lipinski definition) is 0. The Kier molecular flexibility index (Phi) is 12.1. The molecule has 20 unspecified atom stereocenters. The summed E-state index contributed by atoms with van der Waals surface area (Å²) in [5.41, 5.74) is 0. The zero-order chi connectivity index (χ0) is 40.3. The monoisotopic (exact) mass is 794 g/mol. The molecule has 10 aliphatic rings. The summed E-state index contributed by atoms with van der Waals surface area (Å²) in [6, 6.07) is 0. The van der Waals surface area contributed by atoms with Gasteiger partial charge < -0.3 is 23.7 Å². The van der Waals surface area contributed by atoms with E-state index in [4.69, 9.17) is 18.9 Å². The third-order valence-electron chi connectivity index (χ3n) is 17.4. The Hall–Kier alpha value is -2.65. The molecule has 8 bridgehead atoms. The van der Waals surface area contributed by atoms with E-state index in [0.29, 0.717) is 55.5 Å². The molecule has 0 aromatic rings. The molecule has 9 saturated carbocycles. The zero-order valence-electron chi connectivity index (χ0n) is 35.4. The highest BCUT2D eigenvalue weighted by molar-refractivity contribution is 5.79. The predicted molar refractivity (Wildman–Crippen MR) is 210 cm³/mol. The number of carbonyl (C=O) groups excluding carboxylic acids is 5. The fourth-order valence-electron chi connectivity index (χ4n) is 15.4. The minimum absolute atomic E-state index is 0.0119. The van der Waals surface area contributed by atoms with Crippen molar-refractivity contribution in [1.82, 2.24) is 0 Å². The molecule has 0 amide bonds. The van der Waals surface area contributed by atoms with Gasteiger partial charge in [0.05, 0.1) is 30.3 Å². The molecule has 57 heavy (non-hydrogen) atoms. The standard InChI is InChI=1S/C41H56O8.C4H8O2.C2H6/c1-3-19(39(43)48-36-24-14-29-30(15-24)41(45)49-37(29)36)10-25(9-18(2)38(42)46-32-16-22-12-28(32)27-6-4-5-26(22)27)40(44)47-33-17-23-13-31(33)35-21-8-7-20(11-21)34(23)35;1-3-6-4(2)5;1-2/h18-37H,3-17H2,1-2H3;3H2,1-2H3;1-2H3. The van der Waals surface area contributed by atoms with Crippen molar-refractivity contribution in [2.24, 2.45) is 94.7 Å². The van der Waals surface area contributed by atoms with Crippen LogP contribution < -0.4 is 0 Å².